The van der Waals surface area contributed by atoms with Crippen LogP contribution in [0.5, 0.6) is 0 Å². The summed E-state index contributed by atoms with van der Waals surface area (Å²) in [5, 5.41) is 9.69. The molecule has 1 aliphatic rings. The number of amides is 1. The van der Waals surface area contributed by atoms with Gasteiger partial charge in [0.2, 0.25) is 5.91 Å². The van der Waals surface area contributed by atoms with E-state index in [9.17, 15) is 4.79 Å². The Morgan fingerprint density at radius 2 is 2.07 bits per heavy atom. The number of likely N-dealkylation sites (tertiary alicyclic amines) is 1. The molecule has 1 heterocycles. The maximum absolute atomic E-state index is 12.3. The first-order valence-electron chi connectivity index (χ1n) is 10.1. The molecule has 2 rings (SSSR count). The molecule has 2 unspecified atom stereocenters. The van der Waals surface area contributed by atoms with E-state index in [2.05, 4.69) is 59.6 Å². The maximum Gasteiger partial charge on any atom is 0.246 e. The highest BCUT2D eigenvalue weighted by Crippen LogP contribution is 2.18. The standard InChI is InChI=1S/C21H35N5O/c1-6-17-9-8-10-18(11-17)24-20(27)12-23-21(22-7-2)25-19-14-26(15(3)4)13-16(19)5/h8-11,15-16,19H,6-7,12-14H2,1-5H3,(H,24,27)(H2,22,23,25). The van der Waals surface area contributed by atoms with Gasteiger partial charge in [-0.2, -0.15) is 0 Å². The Labute approximate surface area is 163 Å². The lowest BCUT2D eigenvalue weighted by Crippen LogP contribution is -2.47. The number of rotatable bonds is 7. The first-order chi connectivity index (χ1) is 12.9. The lowest BCUT2D eigenvalue weighted by atomic mass is 10.1. The maximum atomic E-state index is 12.3. The molecule has 1 saturated heterocycles. The number of aryl methyl sites for hydroxylation is 1. The number of hydrogen-bond donors (Lipinski definition) is 3. The summed E-state index contributed by atoms with van der Waals surface area (Å²) in [5.41, 5.74) is 2.03. The van der Waals surface area contributed by atoms with Gasteiger partial charge in [-0.05, 0) is 50.8 Å². The first-order valence-corrected chi connectivity index (χ1v) is 10.1. The van der Waals surface area contributed by atoms with Gasteiger partial charge in [-0.3, -0.25) is 9.69 Å². The van der Waals surface area contributed by atoms with E-state index in [0.717, 1.165) is 31.7 Å². The summed E-state index contributed by atoms with van der Waals surface area (Å²) in [4.78, 5) is 19.2. The Hall–Kier alpha value is -2.08. The van der Waals surface area contributed by atoms with E-state index in [1.807, 2.05) is 25.1 Å². The van der Waals surface area contributed by atoms with Crippen molar-refractivity contribution in [3.05, 3.63) is 29.8 Å². The molecule has 0 aromatic heterocycles. The van der Waals surface area contributed by atoms with Crippen LogP contribution in [0.3, 0.4) is 0 Å². The van der Waals surface area contributed by atoms with E-state index >= 15 is 0 Å². The number of hydrogen-bond acceptors (Lipinski definition) is 3. The van der Waals surface area contributed by atoms with Gasteiger partial charge in [-0.1, -0.05) is 26.0 Å². The van der Waals surface area contributed by atoms with Crippen LogP contribution in [0.2, 0.25) is 0 Å². The van der Waals surface area contributed by atoms with Crippen LogP contribution in [-0.4, -0.2) is 55.0 Å². The Morgan fingerprint density at radius 3 is 2.70 bits per heavy atom. The van der Waals surface area contributed by atoms with Crippen LogP contribution in [0.1, 0.15) is 40.2 Å². The normalized spacial score (nSPS) is 20.7. The molecule has 0 radical (unpaired) electrons. The van der Waals surface area contributed by atoms with Gasteiger partial charge >= 0.3 is 0 Å². The monoisotopic (exact) mass is 373 g/mol. The Morgan fingerprint density at radius 1 is 1.30 bits per heavy atom. The summed E-state index contributed by atoms with van der Waals surface area (Å²) >= 11 is 0. The molecule has 0 aliphatic carbocycles. The fraction of sp³-hybridized carbons (Fsp3) is 0.619. The summed E-state index contributed by atoms with van der Waals surface area (Å²) in [6, 6.07) is 8.82. The minimum Gasteiger partial charge on any atom is -0.357 e. The highest BCUT2D eigenvalue weighted by atomic mass is 16.1. The molecular weight excluding hydrogens is 338 g/mol. The smallest absolute Gasteiger partial charge is 0.246 e. The van der Waals surface area contributed by atoms with E-state index in [1.165, 1.54) is 5.56 Å². The molecule has 1 aromatic rings. The molecule has 150 valence electrons. The van der Waals surface area contributed by atoms with Gasteiger partial charge in [-0.25, -0.2) is 4.99 Å². The van der Waals surface area contributed by atoms with Crippen LogP contribution in [0.15, 0.2) is 29.3 Å². The molecule has 1 amide bonds. The van der Waals surface area contributed by atoms with Gasteiger partial charge in [0, 0.05) is 37.4 Å². The summed E-state index contributed by atoms with van der Waals surface area (Å²) in [7, 11) is 0. The van der Waals surface area contributed by atoms with Crippen molar-refractivity contribution in [2.24, 2.45) is 10.9 Å². The number of aliphatic imine (C=N–C) groups is 1. The fourth-order valence-electron chi connectivity index (χ4n) is 3.33. The van der Waals surface area contributed by atoms with E-state index in [-0.39, 0.29) is 12.5 Å². The third-order valence-corrected chi connectivity index (χ3v) is 5.04. The predicted molar refractivity (Wildman–Crippen MR) is 113 cm³/mol. The molecule has 27 heavy (non-hydrogen) atoms. The quantitative estimate of drug-likeness (QED) is 0.507. The summed E-state index contributed by atoms with van der Waals surface area (Å²) in [6.45, 7) is 13.8. The third kappa shape index (κ3) is 6.54. The van der Waals surface area contributed by atoms with E-state index in [4.69, 9.17) is 0 Å². The highest BCUT2D eigenvalue weighted by molar-refractivity contribution is 5.94. The number of nitrogens with zero attached hydrogens (tertiary/aromatic N) is 2. The zero-order valence-electron chi connectivity index (χ0n) is 17.4. The van der Waals surface area contributed by atoms with Gasteiger partial charge in [0.15, 0.2) is 5.96 Å². The van der Waals surface area contributed by atoms with Crippen LogP contribution in [0.4, 0.5) is 5.69 Å². The molecule has 0 spiro atoms. The number of carbonyl (C=O) groups is 1. The molecule has 1 aliphatic heterocycles. The number of anilines is 1. The minimum atomic E-state index is -0.108. The van der Waals surface area contributed by atoms with Crippen molar-refractivity contribution in [1.82, 2.24) is 15.5 Å². The van der Waals surface area contributed by atoms with Crippen molar-refractivity contribution >= 4 is 17.6 Å². The average molecular weight is 374 g/mol. The highest BCUT2D eigenvalue weighted by Gasteiger charge is 2.31. The molecule has 0 saturated carbocycles. The second-order valence-corrected chi connectivity index (χ2v) is 7.57. The van der Waals surface area contributed by atoms with Gasteiger partial charge in [0.25, 0.3) is 0 Å². The lowest BCUT2D eigenvalue weighted by Gasteiger charge is -2.21. The minimum absolute atomic E-state index is 0.0979. The van der Waals surface area contributed by atoms with Crippen molar-refractivity contribution in [3.63, 3.8) is 0 Å². The van der Waals surface area contributed by atoms with E-state index < -0.39 is 0 Å². The van der Waals surface area contributed by atoms with Crippen molar-refractivity contribution in [2.45, 2.75) is 53.1 Å². The zero-order valence-corrected chi connectivity index (χ0v) is 17.4. The Kier molecular flexibility index (Phi) is 8.10. The predicted octanol–water partition coefficient (Wildman–Crippen LogP) is 2.47. The SMILES string of the molecule is CCNC(=NCC(=O)Nc1cccc(CC)c1)NC1CN(C(C)C)CC1C. The van der Waals surface area contributed by atoms with Crippen LogP contribution < -0.4 is 16.0 Å². The fourth-order valence-corrected chi connectivity index (χ4v) is 3.33. The average Bonchev–Trinajstić information content (AvgIpc) is 3.01. The second-order valence-electron chi connectivity index (χ2n) is 7.57. The molecule has 0 bridgehead atoms. The molecule has 1 fully saturated rings. The summed E-state index contributed by atoms with van der Waals surface area (Å²) in [5.74, 6) is 1.14. The first kappa shape index (κ1) is 21.2. The molecular formula is C21H35N5O. The Bertz CT molecular complexity index is 643. The molecule has 1 aromatic carbocycles. The van der Waals surface area contributed by atoms with Gasteiger partial charge in [-0.15, -0.1) is 0 Å². The van der Waals surface area contributed by atoms with E-state index in [1.54, 1.807) is 0 Å². The van der Waals surface area contributed by atoms with Crippen LogP contribution in [-0.2, 0) is 11.2 Å². The number of guanidine groups is 1. The van der Waals surface area contributed by atoms with Crippen molar-refractivity contribution in [1.29, 1.82) is 0 Å². The molecule has 2 atom stereocenters. The molecule has 6 heteroatoms. The lowest BCUT2D eigenvalue weighted by molar-refractivity contribution is -0.114. The van der Waals surface area contributed by atoms with Crippen LogP contribution >= 0.6 is 0 Å². The molecule has 6 nitrogen and oxygen atoms in total. The van der Waals surface area contributed by atoms with Gasteiger partial charge in [0.05, 0.1) is 0 Å². The molecule has 3 N–H and O–H groups in total. The van der Waals surface area contributed by atoms with Gasteiger partial charge in [0.1, 0.15) is 6.54 Å². The van der Waals surface area contributed by atoms with Gasteiger partial charge < -0.3 is 16.0 Å². The topological polar surface area (TPSA) is 68.8 Å². The second kappa shape index (κ2) is 10.3. The zero-order chi connectivity index (χ0) is 19.8. The van der Waals surface area contributed by atoms with Crippen LogP contribution in [0, 0.1) is 5.92 Å². The number of nitrogens with one attached hydrogen (secondary N) is 3. The summed E-state index contributed by atoms with van der Waals surface area (Å²) < 4.78 is 0. The third-order valence-electron chi connectivity index (χ3n) is 5.04. The van der Waals surface area contributed by atoms with Crippen molar-refractivity contribution in [3.8, 4) is 0 Å². The Balaban J connectivity index is 1.93. The number of benzene rings is 1. The largest absolute Gasteiger partial charge is 0.357 e. The number of carbonyl (C=O) groups excluding carboxylic acids is 1. The summed E-state index contributed by atoms with van der Waals surface area (Å²) in [6.07, 6.45) is 0.948. The van der Waals surface area contributed by atoms with Crippen molar-refractivity contribution < 1.29 is 4.79 Å². The van der Waals surface area contributed by atoms with E-state index in [0.29, 0.717) is 24.0 Å². The van der Waals surface area contributed by atoms with Crippen molar-refractivity contribution in [2.75, 3.05) is 31.5 Å². The van der Waals surface area contributed by atoms with Crippen LogP contribution in [0.25, 0.3) is 0 Å².